The van der Waals surface area contributed by atoms with Crippen LogP contribution in [0.4, 0.5) is 0 Å². The van der Waals surface area contributed by atoms with Crippen LogP contribution in [-0.4, -0.2) is 82.8 Å². The molecule has 3 aromatic rings. The molecule has 2 aromatic heterocycles. The number of nitrogens with two attached hydrogens (primary N) is 1. The molecule has 0 bridgehead atoms. The summed E-state index contributed by atoms with van der Waals surface area (Å²) in [6, 6.07) is 10.8. The Morgan fingerprint density at radius 3 is 2.27 bits per heavy atom. The molecule has 1 aliphatic carbocycles. The van der Waals surface area contributed by atoms with Gasteiger partial charge in [-0.25, -0.2) is 0 Å². The molecule has 0 aliphatic heterocycles. The molecule has 0 fully saturated rings. The van der Waals surface area contributed by atoms with E-state index in [9.17, 15) is 20.4 Å². The maximum absolute atomic E-state index is 10.8. The van der Waals surface area contributed by atoms with Crippen LogP contribution in [0.1, 0.15) is 68.5 Å². The number of benzene rings is 1. The Labute approximate surface area is 272 Å². The summed E-state index contributed by atoms with van der Waals surface area (Å²) >= 11 is 2.65. The number of hydrogen-bond donors (Lipinski definition) is 10. The molecule has 11 N–H and O–H groups in total. The minimum atomic E-state index is -1.11. The van der Waals surface area contributed by atoms with Gasteiger partial charge in [0.25, 0.3) is 0 Å². The van der Waals surface area contributed by atoms with E-state index in [4.69, 9.17) is 23.8 Å². The zero-order valence-electron chi connectivity index (χ0n) is 24.9. The molecule has 1 aromatic carbocycles. The van der Waals surface area contributed by atoms with E-state index in [1.165, 1.54) is 22.7 Å². The molecule has 45 heavy (non-hydrogen) atoms. The van der Waals surface area contributed by atoms with Gasteiger partial charge in [0.2, 0.25) is 0 Å². The van der Waals surface area contributed by atoms with Gasteiger partial charge in [0, 0.05) is 59.3 Å². The van der Waals surface area contributed by atoms with Crippen molar-refractivity contribution in [2.75, 3.05) is 39.4 Å². The first-order valence-corrected chi connectivity index (χ1v) is 16.5. The highest BCUT2D eigenvalue weighted by Crippen LogP contribution is 2.41. The van der Waals surface area contributed by atoms with Crippen molar-refractivity contribution in [2.45, 2.75) is 43.7 Å². The molecule has 242 valence electrons. The molecule has 0 saturated heterocycles. The highest BCUT2D eigenvalue weighted by Gasteiger charge is 2.24. The lowest BCUT2D eigenvalue weighted by atomic mass is 9.86. The highest BCUT2D eigenvalue weighted by molar-refractivity contribution is 7.12. The number of aromatic hydroxyl groups is 1. The topological polar surface area (TPSA) is 187 Å². The van der Waals surface area contributed by atoms with E-state index < -0.39 is 24.8 Å². The second-order valence-electron chi connectivity index (χ2n) is 10.8. The maximum Gasteiger partial charge on any atom is 0.141 e. The standard InChI is InChI=1S/C31H42BN5O6S2/c32-22-7-5-20(6-8-22)27-26(40)23(18-44-27)28(33)36-31(43)25-10-9-24(45-25)30(42)35-17-19-1-3-21(4-2-19)29(41)34-11-12-37(13-15-38)14-16-39/h1-5,7-10,18,20,28-31,34-36,38-43H,6,11-17,33H2. The van der Waals surface area contributed by atoms with E-state index in [1.807, 2.05) is 47.4 Å². The van der Waals surface area contributed by atoms with E-state index in [1.54, 1.807) is 17.5 Å². The second-order valence-corrected chi connectivity index (χ2v) is 12.8. The van der Waals surface area contributed by atoms with Crippen molar-refractivity contribution < 1.29 is 30.6 Å². The van der Waals surface area contributed by atoms with Gasteiger partial charge in [-0.15, -0.1) is 28.1 Å². The Morgan fingerprint density at radius 2 is 1.62 bits per heavy atom. The number of nitrogens with one attached hydrogen (secondary N) is 3. The fraction of sp³-hybridized carbons (Fsp3) is 0.419. The van der Waals surface area contributed by atoms with Gasteiger partial charge >= 0.3 is 0 Å². The lowest BCUT2D eigenvalue weighted by molar-refractivity contribution is 0.122. The van der Waals surface area contributed by atoms with E-state index in [2.05, 4.69) is 16.0 Å². The van der Waals surface area contributed by atoms with Gasteiger partial charge in [0.1, 0.15) is 32.3 Å². The van der Waals surface area contributed by atoms with Gasteiger partial charge in [0.05, 0.1) is 24.3 Å². The molecule has 11 nitrogen and oxygen atoms in total. The lowest BCUT2D eigenvalue weighted by Crippen LogP contribution is -2.37. The summed E-state index contributed by atoms with van der Waals surface area (Å²) in [7, 11) is 5.80. The number of hydrogen-bond acceptors (Lipinski definition) is 13. The number of aliphatic hydroxyl groups excluding tert-OH is 5. The molecular formula is C31H42BN5O6S2. The smallest absolute Gasteiger partial charge is 0.141 e. The van der Waals surface area contributed by atoms with Crippen molar-refractivity contribution in [2.24, 2.45) is 5.73 Å². The average Bonchev–Trinajstić information content (AvgIpc) is 3.68. The van der Waals surface area contributed by atoms with Crippen LogP contribution in [0.15, 0.2) is 65.5 Å². The van der Waals surface area contributed by atoms with Crippen LogP contribution < -0.4 is 21.7 Å². The Kier molecular flexibility index (Phi) is 13.8. The maximum atomic E-state index is 10.8. The number of thiophene rings is 2. The van der Waals surface area contributed by atoms with Gasteiger partial charge < -0.3 is 36.4 Å². The summed E-state index contributed by atoms with van der Waals surface area (Å²) in [6.07, 6.45) is 2.66. The SMILES string of the molecule is [B]C1=CCC(c2scc(C(N)NC(O)c3ccc(C(O)NCc4ccc(C(O)NCCN(CCO)CCO)cc4)s3)c2O)C=C1. The van der Waals surface area contributed by atoms with Crippen LogP contribution >= 0.6 is 22.7 Å². The summed E-state index contributed by atoms with van der Waals surface area (Å²) in [5.41, 5.74) is 9.10. The normalized spacial score (nSPS) is 17.8. The molecule has 0 amide bonds. The summed E-state index contributed by atoms with van der Waals surface area (Å²) in [5, 5.41) is 71.8. The van der Waals surface area contributed by atoms with Crippen molar-refractivity contribution in [3.8, 4) is 5.75 Å². The lowest BCUT2D eigenvalue weighted by Gasteiger charge is -2.21. The van der Waals surface area contributed by atoms with Crippen molar-refractivity contribution in [1.29, 1.82) is 0 Å². The molecule has 2 radical (unpaired) electrons. The molecule has 5 atom stereocenters. The molecule has 1 aliphatic rings. The van der Waals surface area contributed by atoms with Gasteiger partial charge in [-0.2, -0.15) is 0 Å². The van der Waals surface area contributed by atoms with Gasteiger partial charge in [-0.3, -0.25) is 20.9 Å². The van der Waals surface area contributed by atoms with Crippen molar-refractivity contribution >= 4 is 30.5 Å². The minimum absolute atomic E-state index is 0.00547. The number of rotatable bonds is 18. The third-order valence-electron chi connectivity index (χ3n) is 7.54. The Morgan fingerprint density at radius 1 is 0.933 bits per heavy atom. The van der Waals surface area contributed by atoms with E-state index >= 15 is 0 Å². The quantitative estimate of drug-likeness (QED) is 0.0707. The average molecular weight is 656 g/mol. The summed E-state index contributed by atoms with van der Waals surface area (Å²) in [6.45, 7) is 2.37. The first-order chi connectivity index (χ1) is 21.7. The zero-order valence-corrected chi connectivity index (χ0v) is 26.6. The number of aliphatic hydroxyl groups is 5. The van der Waals surface area contributed by atoms with Gasteiger partial charge in [0.15, 0.2) is 0 Å². The second kappa shape index (κ2) is 17.5. The summed E-state index contributed by atoms with van der Waals surface area (Å²) in [5.74, 6) is 0.132. The first kappa shape index (κ1) is 35.4. The third-order valence-corrected chi connectivity index (χ3v) is 9.85. The fourth-order valence-corrected chi connectivity index (χ4v) is 6.94. The van der Waals surface area contributed by atoms with Gasteiger partial charge in [-0.1, -0.05) is 42.5 Å². The minimum Gasteiger partial charge on any atom is -0.506 e. The largest absolute Gasteiger partial charge is 0.506 e. The number of nitrogens with zero attached hydrogens (tertiary/aromatic N) is 1. The van der Waals surface area contributed by atoms with Crippen LogP contribution in [0.2, 0.25) is 0 Å². The van der Waals surface area contributed by atoms with Crippen molar-refractivity contribution in [3.63, 3.8) is 0 Å². The van der Waals surface area contributed by atoms with Crippen LogP contribution in [0.5, 0.6) is 5.75 Å². The summed E-state index contributed by atoms with van der Waals surface area (Å²) in [4.78, 5) is 3.88. The van der Waals surface area contributed by atoms with Crippen LogP contribution in [-0.2, 0) is 6.54 Å². The molecule has 0 saturated carbocycles. The van der Waals surface area contributed by atoms with Crippen LogP contribution in [0.25, 0.3) is 0 Å². The van der Waals surface area contributed by atoms with E-state index in [-0.39, 0.29) is 24.9 Å². The molecule has 5 unspecified atom stereocenters. The number of allylic oxidation sites excluding steroid dienone is 4. The molecule has 14 heteroatoms. The molecular weight excluding hydrogens is 613 g/mol. The molecule has 4 rings (SSSR count). The third kappa shape index (κ3) is 10.0. The predicted octanol–water partition coefficient (Wildman–Crippen LogP) is 1.50. The Bertz CT molecular complexity index is 1400. The first-order valence-electron chi connectivity index (χ1n) is 14.8. The molecule has 2 heterocycles. The predicted molar refractivity (Wildman–Crippen MR) is 177 cm³/mol. The monoisotopic (exact) mass is 655 g/mol. The summed E-state index contributed by atoms with van der Waals surface area (Å²) < 4.78 is 0. The van der Waals surface area contributed by atoms with Crippen molar-refractivity contribution in [1.82, 2.24) is 20.9 Å². The molecule has 0 spiro atoms. The zero-order chi connectivity index (χ0) is 32.3. The Balaban J connectivity index is 1.23. The van der Waals surface area contributed by atoms with E-state index in [0.29, 0.717) is 65.5 Å². The fourth-order valence-electron chi connectivity index (χ4n) is 4.93. The van der Waals surface area contributed by atoms with E-state index in [0.717, 1.165) is 10.4 Å². The van der Waals surface area contributed by atoms with Crippen LogP contribution in [0, 0.1) is 0 Å². The highest BCUT2D eigenvalue weighted by atomic mass is 32.1. The van der Waals surface area contributed by atoms with Crippen molar-refractivity contribution in [3.05, 3.63) is 96.8 Å². The Hall–Kier alpha value is -2.44. The van der Waals surface area contributed by atoms with Crippen LogP contribution in [0.3, 0.4) is 0 Å². The van der Waals surface area contributed by atoms with Gasteiger partial charge in [-0.05, 0) is 29.7 Å².